The first kappa shape index (κ1) is 13.2. The molecule has 1 aromatic rings. The van der Waals surface area contributed by atoms with Gasteiger partial charge in [-0.1, -0.05) is 28.9 Å². The standard InChI is InChI=1S/C14H19BrClN/c1-10-3-4-11(2)17(9-10)13-6-5-12(8-16)14(15)7-13/h5-7,10-11H,3-4,8-9H2,1-2H3. The Labute approximate surface area is 117 Å². The molecule has 1 heterocycles. The maximum Gasteiger partial charge on any atom is 0.0485 e. The highest BCUT2D eigenvalue weighted by atomic mass is 79.9. The molecule has 2 rings (SSSR count). The summed E-state index contributed by atoms with van der Waals surface area (Å²) in [4.78, 5) is 2.51. The molecule has 1 fully saturated rings. The van der Waals surface area contributed by atoms with Crippen LogP contribution in [-0.4, -0.2) is 12.6 Å². The molecule has 0 radical (unpaired) electrons. The average molecular weight is 317 g/mol. The van der Waals surface area contributed by atoms with Gasteiger partial charge in [0.2, 0.25) is 0 Å². The fourth-order valence-corrected chi connectivity index (χ4v) is 3.37. The van der Waals surface area contributed by atoms with Crippen molar-refractivity contribution >= 4 is 33.2 Å². The lowest BCUT2D eigenvalue weighted by molar-refractivity contribution is 0.390. The van der Waals surface area contributed by atoms with E-state index in [0.29, 0.717) is 11.9 Å². The highest BCUT2D eigenvalue weighted by Crippen LogP contribution is 2.31. The minimum atomic E-state index is 0.562. The molecule has 17 heavy (non-hydrogen) atoms. The van der Waals surface area contributed by atoms with Crippen molar-refractivity contribution in [3.63, 3.8) is 0 Å². The fraction of sp³-hybridized carbons (Fsp3) is 0.571. The molecule has 0 aromatic heterocycles. The molecule has 0 aliphatic carbocycles. The molecule has 1 nitrogen and oxygen atoms in total. The second-order valence-electron chi connectivity index (χ2n) is 5.09. The third kappa shape index (κ3) is 2.97. The summed E-state index contributed by atoms with van der Waals surface area (Å²) >= 11 is 9.48. The Hall–Kier alpha value is -0.210. The van der Waals surface area contributed by atoms with Gasteiger partial charge in [-0.25, -0.2) is 0 Å². The van der Waals surface area contributed by atoms with Crippen LogP contribution in [0.3, 0.4) is 0 Å². The lowest BCUT2D eigenvalue weighted by Crippen LogP contribution is -2.41. The van der Waals surface area contributed by atoms with Crippen LogP contribution < -0.4 is 4.90 Å². The first-order chi connectivity index (χ1) is 8.11. The number of hydrogen-bond acceptors (Lipinski definition) is 1. The van der Waals surface area contributed by atoms with Gasteiger partial charge in [0.1, 0.15) is 0 Å². The van der Waals surface area contributed by atoms with Gasteiger partial charge in [-0.05, 0) is 43.4 Å². The van der Waals surface area contributed by atoms with Gasteiger partial charge in [-0.3, -0.25) is 0 Å². The molecule has 1 aliphatic heterocycles. The first-order valence-corrected chi connectivity index (χ1v) is 7.55. The van der Waals surface area contributed by atoms with E-state index in [-0.39, 0.29) is 0 Å². The number of alkyl halides is 1. The quantitative estimate of drug-likeness (QED) is 0.708. The summed E-state index contributed by atoms with van der Waals surface area (Å²) in [6, 6.07) is 7.15. The van der Waals surface area contributed by atoms with Gasteiger partial charge in [0, 0.05) is 28.6 Å². The van der Waals surface area contributed by atoms with E-state index in [1.807, 2.05) is 0 Å². The maximum atomic E-state index is 5.88. The summed E-state index contributed by atoms with van der Waals surface area (Å²) in [7, 11) is 0. The summed E-state index contributed by atoms with van der Waals surface area (Å²) in [6.45, 7) is 5.81. The molecular weight excluding hydrogens is 298 g/mol. The van der Waals surface area contributed by atoms with Crippen LogP contribution in [0.5, 0.6) is 0 Å². The van der Waals surface area contributed by atoms with Crippen LogP contribution in [0.2, 0.25) is 0 Å². The summed E-state index contributed by atoms with van der Waals surface area (Å²) < 4.78 is 1.12. The Morgan fingerprint density at radius 3 is 2.76 bits per heavy atom. The molecule has 0 saturated carbocycles. The van der Waals surface area contributed by atoms with Crippen LogP contribution in [0.1, 0.15) is 32.3 Å². The largest absolute Gasteiger partial charge is 0.369 e. The zero-order valence-corrected chi connectivity index (χ0v) is 12.8. The van der Waals surface area contributed by atoms with E-state index in [1.54, 1.807) is 0 Å². The highest BCUT2D eigenvalue weighted by Gasteiger charge is 2.23. The number of halogens is 2. The number of benzene rings is 1. The molecule has 2 atom stereocenters. The molecule has 3 heteroatoms. The summed E-state index contributed by atoms with van der Waals surface area (Å²) in [5.74, 6) is 1.35. The summed E-state index contributed by atoms with van der Waals surface area (Å²) in [6.07, 6.45) is 2.63. The van der Waals surface area contributed by atoms with Crippen molar-refractivity contribution in [3.8, 4) is 0 Å². The van der Waals surface area contributed by atoms with Crippen LogP contribution in [0.25, 0.3) is 0 Å². The Morgan fingerprint density at radius 1 is 1.35 bits per heavy atom. The normalized spacial score (nSPS) is 25.1. The van der Waals surface area contributed by atoms with Crippen molar-refractivity contribution in [1.82, 2.24) is 0 Å². The molecular formula is C14H19BrClN. The Morgan fingerprint density at radius 2 is 2.12 bits per heavy atom. The van der Waals surface area contributed by atoms with Gasteiger partial charge >= 0.3 is 0 Å². The Bertz CT molecular complexity index is 394. The molecule has 2 unspecified atom stereocenters. The number of nitrogens with zero attached hydrogens (tertiary/aromatic N) is 1. The van der Waals surface area contributed by atoms with Crippen LogP contribution in [-0.2, 0) is 5.88 Å². The number of rotatable bonds is 2. The van der Waals surface area contributed by atoms with E-state index in [1.165, 1.54) is 18.5 Å². The van der Waals surface area contributed by atoms with Gasteiger partial charge in [0.25, 0.3) is 0 Å². The SMILES string of the molecule is CC1CCC(C)N(c2ccc(CCl)c(Br)c2)C1. The summed E-state index contributed by atoms with van der Waals surface area (Å²) in [5, 5.41) is 0. The molecule has 1 saturated heterocycles. The fourth-order valence-electron chi connectivity index (χ4n) is 2.47. The van der Waals surface area contributed by atoms with Gasteiger partial charge in [-0.2, -0.15) is 0 Å². The van der Waals surface area contributed by atoms with E-state index < -0.39 is 0 Å². The van der Waals surface area contributed by atoms with Gasteiger partial charge < -0.3 is 4.90 Å². The summed E-state index contributed by atoms with van der Waals surface area (Å²) in [5.41, 5.74) is 2.47. The van der Waals surface area contributed by atoms with E-state index >= 15 is 0 Å². The minimum absolute atomic E-state index is 0.562. The van der Waals surface area contributed by atoms with E-state index in [9.17, 15) is 0 Å². The minimum Gasteiger partial charge on any atom is -0.369 e. The molecule has 0 spiro atoms. The third-order valence-corrected chi connectivity index (χ3v) is 4.66. The predicted octanol–water partition coefficient (Wildman–Crippen LogP) is 4.81. The second kappa shape index (κ2) is 5.62. The molecule has 0 bridgehead atoms. The molecule has 94 valence electrons. The van der Waals surface area contributed by atoms with Crippen LogP contribution in [0.15, 0.2) is 22.7 Å². The van der Waals surface area contributed by atoms with Crippen molar-refractivity contribution in [1.29, 1.82) is 0 Å². The third-order valence-electron chi connectivity index (χ3n) is 3.63. The lowest BCUT2D eigenvalue weighted by Gasteiger charge is -2.38. The highest BCUT2D eigenvalue weighted by molar-refractivity contribution is 9.10. The maximum absolute atomic E-state index is 5.88. The van der Waals surface area contributed by atoms with Crippen LogP contribution in [0, 0.1) is 5.92 Å². The monoisotopic (exact) mass is 315 g/mol. The van der Waals surface area contributed by atoms with Gasteiger partial charge in [0.15, 0.2) is 0 Å². The topological polar surface area (TPSA) is 3.24 Å². The lowest BCUT2D eigenvalue weighted by atomic mass is 9.94. The van der Waals surface area contributed by atoms with Crippen molar-refractivity contribution in [2.75, 3.05) is 11.4 Å². The molecule has 0 amide bonds. The number of anilines is 1. The van der Waals surface area contributed by atoms with Crippen molar-refractivity contribution in [3.05, 3.63) is 28.2 Å². The zero-order valence-electron chi connectivity index (χ0n) is 10.4. The van der Waals surface area contributed by atoms with Gasteiger partial charge in [0.05, 0.1) is 0 Å². The van der Waals surface area contributed by atoms with Crippen molar-refractivity contribution in [2.45, 2.75) is 38.6 Å². The van der Waals surface area contributed by atoms with Crippen molar-refractivity contribution < 1.29 is 0 Å². The Balaban J connectivity index is 2.23. The Kier molecular flexibility index (Phi) is 4.37. The number of piperidine rings is 1. The average Bonchev–Trinajstić information content (AvgIpc) is 2.32. The molecule has 0 N–H and O–H groups in total. The van der Waals surface area contributed by atoms with E-state index in [2.05, 4.69) is 52.9 Å². The molecule has 1 aliphatic rings. The number of hydrogen-bond donors (Lipinski definition) is 0. The van der Waals surface area contributed by atoms with Crippen LogP contribution in [0.4, 0.5) is 5.69 Å². The first-order valence-electron chi connectivity index (χ1n) is 6.23. The second-order valence-corrected chi connectivity index (χ2v) is 6.21. The van der Waals surface area contributed by atoms with Gasteiger partial charge in [-0.15, -0.1) is 11.6 Å². The van der Waals surface area contributed by atoms with E-state index in [0.717, 1.165) is 22.5 Å². The van der Waals surface area contributed by atoms with E-state index in [4.69, 9.17) is 11.6 Å². The molecule has 1 aromatic carbocycles. The predicted molar refractivity (Wildman–Crippen MR) is 78.9 cm³/mol. The van der Waals surface area contributed by atoms with Crippen molar-refractivity contribution in [2.24, 2.45) is 5.92 Å². The van der Waals surface area contributed by atoms with Crippen LogP contribution >= 0.6 is 27.5 Å². The zero-order chi connectivity index (χ0) is 12.4. The smallest absolute Gasteiger partial charge is 0.0485 e.